The summed E-state index contributed by atoms with van der Waals surface area (Å²) in [6.07, 6.45) is 1.73. The molecule has 2 bridgehead atoms. The average Bonchev–Trinajstić information content (AvgIpc) is 3.03. The van der Waals surface area contributed by atoms with E-state index in [4.69, 9.17) is 14.2 Å². The van der Waals surface area contributed by atoms with E-state index in [-0.39, 0.29) is 48.1 Å². The Kier molecular flexibility index (Phi) is 5.71. The Morgan fingerprint density at radius 3 is 2.61 bits per heavy atom. The van der Waals surface area contributed by atoms with Crippen molar-refractivity contribution in [3.8, 4) is 0 Å². The molecule has 0 unspecified atom stereocenters. The smallest absolute Gasteiger partial charge is 0.309 e. The molecule has 0 aromatic carbocycles. The quantitative estimate of drug-likeness (QED) is 0.653. The Morgan fingerprint density at radius 1 is 1.23 bits per heavy atom. The molecule has 7 heteroatoms. The molecule has 31 heavy (non-hydrogen) atoms. The summed E-state index contributed by atoms with van der Waals surface area (Å²) in [5.74, 6) is -0.849. The summed E-state index contributed by atoms with van der Waals surface area (Å²) in [5.41, 5.74) is -2.99. The highest BCUT2D eigenvalue weighted by Crippen LogP contribution is 2.60. The zero-order valence-corrected chi connectivity index (χ0v) is 19.4. The van der Waals surface area contributed by atoms with Crippen molar-refractivity contribution in [2.75, 3.05) is 0 Å². The summed E-state index contributed by atoms with van der Waals surface area (Å²) in [7, 11) is 0. The fourth-order valence-electron chi connectivity index (χ4n) is 6.87. The third kappa shape index (κ3) is 3.70. The molecule has 0 amide bonds. The van der Waals surface area contributed by atoms with E-state index in [1.165, 1.54) is 0 Å². The molecule has 3 heterocycles. The normalized spacial score (nSPS) is 51.7. The largest absolute Gasteiger partial charge is 0.459 e. The van der Waals surface area contributed by atoms with E-state index >= 15 is 0 Å². The molecule has 176 valence electrons. The third-order valence-electron chi connectivity index (χ3n) is 8.66. The van der Waals surface area contributed by atoms with E-state index in [1.54, 1.807) is 6.92 Å². The number of hydrogen-bond donors (Lipinski definition) is 2. The standard InChI is InChI=1S/C24H38O7/c1-6-7-17(26)30-23(4)10-8-14-13(2)21(27)31-24(5)11-9-16(25)22(3,28)12-15-19(23)18(14)20(24)29-15/h13-16,18-20,25,28H,6-12H2,1-5H3/t13-,14+,15+,16-,18+,19+,20+,22+,23-,24+/m1/s1. The molecule has 2 N–H and O–H groups in total. The number of carbonyl (C=O) groups is 2. The lowest BCUT2D eigenvalue weighted by Crippen LogP contribution is -2.56. The molecule has 10 atom stereocenters. The molecule has 3 aliphatic heterocycles. The van der Waals surface area contributed by atoms with E-state index < -0.39 is 29.0 Å². The molecule has 3 saturated heterocycles. The number of carbonyl (C=O) groups excluding carboxylic acids is 2. The van der Waals surface area contributed by atoms with Crippen molar-refractivity contribution in [3.63, 3.8) is 0 Å². The average molecular weight is 439 g/mol. The maximum absolute atomic E-state index is 13.0. The van der Waals surface area contributed by atoms with Crippen LogP contribution in [0.4, 0.5) is 0 Å². The van der Waals surface area contributed by atoms with Gasteiger partial charge in [0.05, 0.1) is 23.7 Å². The Balaban J connectivity index is 1.81. The van der Waals surface area contributed by atoms with Crippen LogP contribution < -0.4 is 0 Å². The minimum absolute atomic E-state index is 0.0179. The van der Waals surface area contributed by atoms with E-state index in [2.05, 4.69) is 0 Å². The van der Waals surface area contributed by atoms with Gasteiger partial charge in [-0.3, -0.25) is 9.59 Å². The zero-order valence-electron chi connectivity index (χ0n) is 19.4. The van der Waals surface area contributed by atoms with Gasteiger partial charge in [-0.15, -0.1) is 0 Å². The first kappa shape index (κ1) is 23.0. The van der Waals surface area contributed by atoms with Gasteiger partial charge in [0, 0.05) is 24.7 Å². The molecular formula is C24H38O7. The van der Waals surface area contributed by atoms with Crippen LogP contribution in [0.25, 0.3) is 0 Å². The first-order chi connectivity index (χ1) is 14.4. The summed E-state index contributed by atoms with van der Waals surface area (Å²) < 4.78 is 18.8. The van der Waals surface area contributed by atoms with Crippen molar-refractivity contribution < 1.29 is 34.0 Å². The minimum Gasteiger partial charge on any atom is -0.459 e. The second kappa shape index (κ2) is 7.70. The SMILES string of the molecule is CCCC(=O)O[C@]1(C)CC[C@@H]2[C@H]3[C@@H]1[C@@H]1C[C@](C)(O)[C@H](O)CC[C@](C)(OC(=O)[C@@H]2C)[C@H]3O1. The van der Waals surface area contributed by atoms with Crippen LogP contribution >= 0.6 is 0 Å². The molecular weight excluding hydrogens is 400 g/mol. The van der Waals surface area contributed by atoms with E-state index in [0.29, 0.717) is 32.1 Å². The highest BCUT2D eigenvalue weighted by atomic mass is 16.6. The Labute approximate surface area is 184 Å². The number of ether oxygens (including phenoxy) is 3. The van der Waals surface area contributed by atoms with Gasteiger partial charge in [0.2, 0.25) is 0 Å². The van der Waals surface area contributed by atoms with Crippen LogP contribution in [-0.4, -0.2) is 57.3 Å². The van der Waals surface area contributed by atoms with Gasteiger partial charge in [-0.2, -0.15) is 0 Å². The van der Waals surface area contributed by atoms with E-state index in [1.807, 2.05) is 27.7 Å². The predicted octanol–water partition coefficient (Wildman–Crippen LogP) is 2.75. The van der Waals surface area contributed by atoms with Crippen LogP contribution in [-0.2, 0) is 23.8 Å². The fraction of sp³-hybridized carbons (Fsp3) is 0.917. The van der Waals surface area contributed by atoms with Gasteiger partial charge < -0.3 is 24.4 Å². The van der Waals surface area contributed by atoms with Crippen molar-refractivity contribution in [2.24, 2.45) is 23.7 Å². The maximum Gasteiger partial charge on any atom is 0.309 e. The highest BCUT2D eigenvalue weighted by molar-refractivity contribution is 5.73. The van der Waals surface area contributed by atoms with Gasteiger partial charge in [0.15, 0.2) is 0 Å². The van der Waals surface area contributed by atoms with Gasteiger partial charge in [-0.25, -0.2) is 0 Å². The fourth-order valence-corrected chi connectivity index (χ4v) is 6.87. The molecule has 0 aromatic heterocycles. The molecule has 0 aromatic rings. The molecule has 0 radical (unpaired) electrons. The zero-order chi connectivity index (χ0) is 22.8. The number of esters is 2. The lowest BCUT2D eigenvalue weighted by molar-refractivity contribution is -0.183. The minimum atomic E-state index is -1.35. The Hall–Kier alpha value is -1.18. The first-order valence-corrected chi connectivity index (χ1v) is 11.9. The van der Waals surface area contributed by atoms with Crippen LogP contribution in [0.15, 0.2) is 0 Å². The van der Waals surface area contributed by atoms with Crippen LogP contribution in [0.2, 0.25) is 0 Å². The van der Waals surface area contributed by atoms with Crippen molar-refractivity contribution in [1.82, 2.24) is 0 Å². The number of fused-ring (bicyclic) bond motifs is 2. The molecule has 1 saturated carbocycles. The van der Waals surface area contributed by atoms with Crippen LogP contribution in [0, 0.1) is 23.7 Å². The summed E-state index contributed by atoms with van der Waals surface area (Å²) in [6.45, 7) is 9.39. The molecule has 1 aliphatic carbocycles. The first-order valence-electron chi connectivity index (χ1n) is 11.9. The van der Waals surface area contributed by atoms with Gasteiger partial charge in [0.25, 0.3) is 0 Å². The van der Waals surface area contributed by atoms with E-state index in [0.717, 1.165) is 6.42 Å². The topological polar surface area (TPSA) is 102 Å². The van der Waals surface area contributed by atoms with Gasteiger partial charge in [-0.1, -0.05) is 13.8 Å². The summed E-state index contributed by atoms with van der Waals surface area (Å²) in [4.78, 5) is 25.5. The van der Waals surface area contributed by atoms with Gasteiger partial charge >= 0.3 is 11.9 Å². The number of aliphatic hydroxyl groups is 2. The second-order valence-electron chi connectivity index (χ2n) is 11.1. The molecule has 0 spiro atoms. The number of hydrogen-bond acceptors (Lipinski definition) is 7. The predicted molar refractivity (Wildman–Crippen MR) is 112 cm³/mol. The molecule has 4 rings (SSSR count). The van der Waals surface area contributed by atoms with Crippen LogP contribution in [0.5, 0.6) is 0 Å². The van der Waals surface area contributed by atoms with Gasteiger partial charge in [-0.05, 0) is 58.8 Å². The lowest BCUT2D eigenvalue weighted by atomic mass is 9.57. The van der Waals surface area contributed by atoms with Crippen molar-refractivity contribution in [2.45, 2.75) is 115 Å². The summed E-state index contributed by atoms with van der Waals surface area (Å²) >= 11 is 0. The maximum atomic E-state index is 13.0. The number of aliphatic hydroxyl groups excluding tert-OH is 1. The number of rotatable bonds is 3. The second-order valence-corrected chi connectivity index (χ2v) is 11.1. The molecule has 4 fully saturated rings. The summed E-state index contributed by atoms with van der Waals surface area (Å²) in [5, 5.41) is 21.8. The molecule has 4 aliphatic rings. The monoisotopic (exact) mass is 438 g/mol. The summed E-state index contributed by atoms with van der Waals surface area (Å²) in [6, 6.07) is 0. The van der Waals surface area contributed by atoms with Crippen LogP contribution in [0.3, 0.4) is 0 Å². The lowest BCUT2D eigenvalue weighted by Gasteiger charge is -2.49. The highest BCUT2D eigenvalue weighted by Gasteiger charge is 2.67. The van der Waals surface area contributed by atoms with Crippen LogP contribution in [0.1, 0.15) is 79.6 Å². The van der Waals surface area contributed by atoms with Gasteiger partial charge in [0.1, 0.15) is 17.3 Å². The van der Waals surface area contributed by atoms with Crippen molar-refractivity contribution in [3.05, 3.63) is 0 Å². The van der Waals surface area contributed by atoms with E-state index in [9.17, 15) is 19.8 Å². The van der Waals surface area contributed by atoms with Crippen molar-refractivity contribution in [1.29, 1.82) is 0 Å². The Bertz CT molecular complexity index is 735. The van der Waals surface area contributed by atoms with Crippen molar-refractivity contribution >= 4 is 11.9 Å². The molecule has 7 nitrogen and oxygen atoms in total. The third-order valence-corrected chi connectivity index (χ3v) is 8.66. The Morgan fingerprint density at radius 2 is 1.94 bits per heavy atom.